The predicted octanol–water partition coefficient (Wildman–Crippen LogP) is 3.66. The van der Waals surface area contributed by atoms with E-state index in [9.17, 15) is 24.0 Å². The minimum Gasteiger partial charge on any atom is -0.459 e. The van der Waals surface area contributed by atoms with Crippen LogP contribution < -0.4 is 10.6 Å². The summed E-state index contributed by atoms with van der Waals surface area (Å²) in [6.45, 7) is 22.0. The highest BCUT2D eigenvalue weighted by Gasteiger charge is 2.40. The number of hydrogen-bond donors (Lipinski definition) is 2. The minimum absolute atomic E-state index is 0.0331. The van der Waals surface area contributed by atoms with Crippen LogP contribution >= 0.6 is 0 Å². The van der Waals surface area contributed by atoms with Crippen molar-refractivity contribution < 1.29 is 28.7 Å². The second-order valence-electron chi connectivity index (χ2n) is 15.6. The zero-order valence-corrected chi connectivity index (χ0v) is 30.5. The van der Waals surface area contributed by atoms with Crippen LogP contribution in [-0.4, -0.2) is 107 Å². The summed E-state index contributed by atoms with van der Waals surface area (Å²) in [5.74, 6) is -1.59. The molecule has 2 N–H and O–H groups in total. The quantitative estimate of drug-likeness (QED) is 0.259. The zero-order valence-electron chi connectivity index (χ0n) is 30.5. The molecule has 0 saturated carbocycles. The van der Waals surface area contributed by atoms with E-state index >= 15 is 0 Å². The van der Waals surface area contributed by atoms with Gasteiger partial charge in [-0.3, -0.25) is 28.9 Å². The number of carbonyl (C=O) groups excluding carboxylic acids is 5. The minimum atomic E-state index is -0.761. The summed E-state index contributed by atoms with van der Waals surface area (Å²) in [6.07, 6.45) is 5.75. The highest BCUT2D eigenvalue weighted by molar-refractivity contribution is 5.97. The van der Waals surface area contributed by atoms with E-state index in [1.165, 1.54) is 4.90 Å². The molecule has 262 valence electrons. The molecule has 2 aliphatic rings. The second-order valence-corrected chi connectivity index (χ2v) is 15.6. The molecule has 2 fully saturated rings. The first-order chi connectivity index (χ1) is 21.2. The first kappa shape index (κ1) is 39.2. The molecule has 0 aromatic carbocycles. The van der Waals surface area contributed by atoms with E-state index in [4.69, 9.17) is 4.74 Å². The van der Waals surface area contributed by atoms with E-state index < -0.39 is 41.0 Å². The Morgan fingerprint density at radius 2 is 1.50 bits per heavy atom. The average Bonchev–Trinajstić information content (AvgIpc) is 3.44. The zero-order chi connectivity index (χ0) is 35.1. The molecule has 2 rings (SSSR count). The molecule has 0 spiro atoms. The molecule has 4 atom stereocenters. The lowest BCUT2D eigenvalue weighted by Gasteiger charge is -2.41. The molecular weight excluding hydrogens is 586 g/mol. The number of ether oxygens (including phenoxy) is 1. The maximum absolute atomic E-state index is 14.1. The van der Waals surface area contributed by atoms with E-state index in [0.717, 1.165) is 25.8 Å². The SMILES string of the molecule is CC(=CC(C(C)C)N(C)C(=O)[C@@H](NC(=O)[C@H]1CCCCN1C(C)C)C(C)(C)C)C(=O)N1CCC[C@H]1C(=O)NCC(=O)OC(C)(C)C. The number of esters is 1. The summed E-state index contributed by atoms with van der Waals surface area (Å²) in [5.41, 5.74) is -0.788. The van der Waals surface area contributed by atoms with Gasteiger partial charge >= 0.3 is 5.97 Å². The Bertz CT molecular complexity index is 1140. The van der Waals surface area contributed by atoms with Crippen molar-refractivity contribution in [1.29, 1.82) is 0 Å². The molecule has 11 heteroatoms. The normalized spacial score (nSPS) is 21.2. The first-order valence-electron chi connectivity index (χ1n) is 17.0. The molecule has 0 radical (unpaired) electrons. The van der Waals surface area contributed by atoms with Crippen molar-refractivity contribution >= 4 is 29.6 Å². The van der Waals surface area contributed by atoms with Crippen molar-refractivity contribution in [2.45, 2.75) is 144 Å². The molecule has 2 heterocycles. The molecule has 2 saturated heterocycles. The van der Waals surface area contributed by atoms with Crippen molar-refractivity contribution in [3.8, 4) is 0 Å². The molecule has 0 bridgehead atoms. The third kappa shape index (κ3) is 10.8. The molecule has 1 unspecified atom stereocenters. The number of rotatable bonds is 11. The molecule has 46 heavy (non-hydrogen) atoms. The van der Waals surface area contributed by atoms with Crippen molar-refractivity contribution in [3.05, 3.63) is 11.6 Å². The monoisotopic (exact) mass is 647 g/mol. The molecule has 0 aromatic rings. The van der Waals surface area contributed by atoms with Crippen LogP contribution in [-0.2, 0) is 28.7 Å². The van der Waals surface area contributed by atoms with Crippen LogP contribution in [0.3, 0.4) is 0 Å². The maximum Gasteiger partial charge on any atom is 0.325 e. The Labute approximate surface area is 277 Å². The third-order valence-corrected chi connectivity index (χ3v) is 8.79. The van der Waals surface area contributed by atoms with Gasteiger partial charge in [0.25, 0.3) is 0 Å². The number of likely N-dealkylation sites (N-methyl/N-ethyl adjacent to an activating group) is 1. The standard InChI is InChI=1S/C35H61N5O6/c1-22(2)27(20-24(5)32(44)40-19-15-17-25(40)30(42)36-21-28(41)46-35(9,10)11)38(12)33(45)29(34(6,7)8)37-31(43)26-16-13-14-18-39(26)23(3)4/h20,22-23,25-27,29H,13-19,21H2,1-12H3,(H,36,42)(H,37,43)/t25-,26+,27?,29+/m0/s1. The largest absolute Gasteiger partial charge is 0.459 e. The Morgan fingerprint density at radius 1 is 0.891 bits per heavy atom. The summed E-state index contributed by atoms with van der Waals surface area (Å²) in [5, 5.41) is 5.73. The number of carbonyl (C=O) groups is 5. The van der Waals surface area contributed by atoms with Gasteiger partial charge in [0, 0.05) is 25.2 Å². The van der Waals surface area contributed by atoms with Gasteiger partial charge in [0.15, 0.2) is 0 Å². The van der Waals surface area contributed by atoms with Crippen LogP contribution in [0.25, 0.3) is 0 Å². The molecule has 0 aliphatic carbocycles. The Balaban J connectivity index is 2.21. The fourth-order valence-electron chi connectivity index (χ4n) is 6.33. The lowest BCUT2D eigenvalue weighted by molar-refractivity contribution is -0.154. The van der Waals surface area contributed by atoms with Crippen LogP contribution in [0.2, 0.25) is 0 Å². The highest BCUT2D eigenvalue weighted by Crippen LogP contribution is 2.27. The van der Waals surface area contributed by atoms with E-state index in [0.29, 0.717) is 25.0 Å². The molecule has 4 amide bonds. The lowest BCUT2D eigenvalue weighted by Crippen LogP contribution is -2.60. The number of likely N-dealkylation sites (tertiary alicyclic amines) is 2. The Kier molecular flexibility index (Phi) is 13.9. The Morgan fingerprint density at radius 3 is 2.04 bits per heavy atom. The summed E-state index contributed by atoms with van der Waals surface area (Å²) < 4.78 is 5.27. The van der Waals surface area contributed by atoms with Crippen LogP contribution in [0.5, 0.6) is 0 Å². The van der Waals surface area contributed by atoms with Gasteiger partial charge in [0.1, 0.15) is 24.2 Å². The van der Waals surface area contributed by atoms with Gasteiger partial charge in [0.05, 0.1) is 12.1 Å². The summed E-state index contributed by atoms with van der Waals surface area (Å²) in [7, 11) is 1.72. The van der Waals surface area contributed by atoms with Crippen LogP contribution in [0.1, 0.15) is 108 Å². The molecular formula is C35H61N5O6. The van der Waals surface area contributed by atoms with Crippen molar-refractivity contribution in [2.24, 2.45) is 11.3 Å². The van der Waals surface area contributed by atoms with E-state index in [1.54, 1.807) is 45.7 Å². The smallest absolute Gasteiger partial charge is 0.325 e. The molecule has 0 aromatic heterocycles. The average molecular weight is 648 g/mol. The molecule has 11 nitrogen and oxygen atoms in total. The Hall–Kier alpha value is -2.95. The van der Waals surface area contributed by atoms with E-state index in [-0.39, 0.29) is 42.3 Å². The highest BCUT2D eigenvalue weighted by atomic mass is 16.6. The van der Waals surface area contributed by atoms with Gasteiger partial charge in [0.2, 0.25) is 23.6 Å². The van der Waals surface area contributed by atoms with E-state index in [1.807, 2.05) is 34.6 Å². The first-order valence-corrected chi connectivity index (χ1v) is 17.0. The number of hydrogen-bond acceptors (Lipinski definition) is 7. The lowest BCUT2D eigenvalue weighted by atomic mass is 9.84. The van der Waals surface area contributed by atoms with Crippen LogP contribution in [0.4, 0.5) is 0 Å². The summed E-state index contributed by atoms with van der Waals surface area (Å²) >= 11 is 0. The number of nitrogens with zero attached hydrogens (tertiary/aromatic N) is 3. The van der Waals surface area contributed by atoms with Crippen LogP contribution in [0.15, 0.2) is 11.6 Å². The maximum atomic E-state index is 14.1. The van der Waals surface area contributed by atoms with Crippen LogP contribution in [0, 0.1) is 11.3 Å². The van der Waals surface area contributed by atoms with Gasteiger partial charge in [-0.05, 0) is 85.1 Å². The fraction of sp³-hybridized carbons (Fsp3) is 0.800. The second kappa shape index (κ2) is 16.2. The number of nitrogens with one attached hydrogen (secondary N) is 2. The number of amides is 4. The van der Waals surface area contributed by atoms with E-state index in [2.05, 4.69) is 29.4 Å². The third-order valence-electron chi connectivity index (χ3n) is 8.79. The van der Waals surface area contributed by atoms with Gasteiger partial charge in [-0.2, -0.15) is 0 Å². The van der Waals surface area contributed by atoms with Gasteiger partial charge in [-0.15, -0.1) is 0 Å². The van der Waals surface area contributed by atoms with Gasteiger partial charge in [-0.25, -0.2) is 0 Å². The summed E-state index contributed by atoms with van der Waals surface area (Å²) in [4.78, 5) is 71.9. The fourth-order valence-corrected chi connectivity index (χ4v) is 6.33. The molecule has 2 aliphatic heterocycles. The number of piperidine rings is 1. The van der Waals surface area contributed by atoms with Crippen molar-refractivity contribution in [3.63, 3.8) is 0 Å². The summed E-state index contributed by atoms with van der Waals surface area (Å²) in [6, 6.07) is -1.93. The van der Waals surface area contributed by atoms with Crippen molar-refractivity contribution in [2.75, 3.05) is 26.7 Å². The topological polar surface area (TPSA) is 128 Å². The van der Waals surface area contributed by atoms with Crippen molar-refractivity contribution in [1.82, 2.24) is 25.3 Å². The van der Waals surface area contributed by atoms with Gasteiger partial charge < -0.3 is 25.2 Å². The predicted molar refractivity (Wildman–Crippen MR) is 180 cm³/mol. The van der Waals surface area contributed by atoms with Gasteiger partial charge in [-0.1, -0.05) is 47.1 Å².